The van der Waals surface area contributed by atoms with Gasteiger partial charge in [-0.25, -0.2) is 0 Å². The van der Waals surface area contributed by atoms with Gasteiger partial charge in [0.1, 0.15) is 5.75 Å². The zero-order chi connectivity index (χ0) is 14.3. The van der Waals surface area contributed by atoms with Gasteiger partial charge >= 0.3 is 0 Å². The maximum Gasteiger partial charge on any atom is 0.237 e. The lowest BCUT2D eigenvalue weighted by molar-refractivity contribution is -0.122. The SMILES string of the molecule is C#CCNC(=O)C(C)N[C@H](C)c1ccc(OC)cc1. The maximum absolute atomic E-state index is 11.7. The number of methoxy groups -OCH3 is 1. The third-order valence-corrected chi connectivity index (χ3v) is 2.87. The van der Waals surface area contributed by atoms with E-state index in [2.05, 4.69) is 16.6 Å². The first-order chi connectivity index (χ1) is 9.08. The quantitative estimate of drug-likeness (QED) is 0.762. The zero-order valence-corrected chi connectivity index (χ0v) is 11.6. The van der Waals surface area contributed by atoms with Crippen LogP contribution in [-0.2, 0) is 4.79 Å². The van der Waals surface area contributed by atoms with E-state index in [1.54, 1.807) is 7.11 Å². The lowest BCUT2D eigenvalue weighted by Gasteiger charge is -2.19. The summed E-state index contributed by atoms with van der Waals surface area (Å²) >= 11 is 0. The molecule has 0 saturated heterocycles. The number of nitrogens with one attached hydrogen (secondary N) is 2. The largest absolute Gasteiger partial charge is 0.497 e. The smallest absolute Gasteiger partial charge is 0.237 e. The second kappa shape index (κ2) is 7.45. The number of benzene rings is 1. The Morgan fingerprint density at radius 1 is 1.37 bits per heavy atom. The standard InChI is InChI=1S/C15H20N2O2/c1-5-10-16-15(18)12(3)17-11(2)13-6-8-14(19-4)9-7-13/h1,6-9,11-12,17H,10H2,2-4H3,(H,16,18)/t11-,12?/m1/s1. The van der Waals surface area contributed by atoms with Crippen molar-refractivity contribution < 1.29 is 9.53 Å². The molecule has 1 amide bonds. The number of terminal acetylenes is 1. The fraction of sp³-hybridized carbons (Fsp3) is 0.400. The van der Waals surface area contributed by atoms with Crippen molar-refractivity contribution in [3.63, 3.8) is 0 Å². The number of carbonyl (C=O) groups excluding carboxylic acids is 1. The fourth-order valence-corrected chi connectivity index (χ4v) is 1.73. The molecule has 2 atom stereocenters. The Labute approximate surface area is 114 Å². The van der Waals surface area contributed by atoms with Gasteiger partial charge in [0.25, 0.3) is 0 Å². The first kappa shape index (κ1) is 15.1. The predicted octanol–water partition coefficient (Wildman–Crippen LogP) is 1.48. The van der Waals surface area contributed by atoms with Crippen molar-refractivity contribution in [1.82, 2.24) is 10.6 Å². The van der Waals surface area contributed by atoms with Crippen molar-refractivity contribution in [2.45, 2.75) is 25.9 Å². The summed E-state index contributed by atoms with van der Waals surface area (Å²) < 4.78 is 5.11. The molecular weight excluding hydrogens is 240 g/mol. The van der Waals surface area contributed by atoms with Crippen LogP contribution in [0, 0.1) is 12.3 Å². The number of carbonyl (C=O) groups is 1. The summed E-state index contributed by atoms with van der Waals surface area (Å²) in [6.07, 6.45) is 5.10. The van der Waals surface area contributed by atoms with E-state index in [-0.39, 0.29) is 24.5 Å². The summed E-state index contributed by atoms with van der Waals surface area (Å²) in [5, 5.41) is 5.87. The fourth-order valence-electron chi connectivity index (χ4n) is 1.73. The molecule has 2 N–H and O–H groups in total. The van der Waals surface area contributed by atoms with Gasteiger partial charge in [-0.15, -0.1) is 6.42 Å². The van der Waals surface area contributed by atoms with E-state index in [1.165, 1.54) is 0 Å². The van der Waals surface area contributed by atoms with E-state index in [1.807, 2.05) is 38.1 Å². The van der Waals surface area contributed by atoms with Crippen LogP contribution in [0.4, 0.5) is 0 Å². The molecule has 1 rings (SSSR count). The predicted molar refractivity (Wildman–Crippen MR) is 75.8 cm³/mol. The van der Waals surface area contributed by atoms with Crippen LogP contribution in [-0.4, -0.2) is 25.6 Å². The topological polar surface area (TPSA) is 50.4 Å². The molecule has 1 aromatic carbocycles. The van der Waals surface area contributed by atoms with Gasteiger partial charge in [0.15, 0.2) is 0 Å². The second-order valence-corrected chi connectivity index (χ2v) is 4.31. The molecule has 0 saturated carbocycles. The Hall–Kier alpha value is -1.99. The van der Waals surface area contributed by atoms with Crippen LogP contribution in [0.25, 0.3) is 0 Å². The highest BCUT2D eigenvalue weighted by atomic mass is 16.5. The summed E-state index contributed by atoms with van der Waals surface area (Å²) in [5.41, 5.74) is 1.09. The van der Waals surface area contributed by atoms with E-state index in [0.717, 1.165) is 11.3 Å². The molecule has 0 spiro atoms. The van der Waals surface area contributed by atoms with Crippen molar-refractivity contribution in [1.29, 1.82) is 0 Å². The molecule has 0 bridgehead atoms. The van der Waals surface area contributed by atoms with Gasteiger partial charge in [-0.3, -0.25) is 10.1 Å². The summed E-state index contributed by atoms with van der Waals surface area (Å²) in [7, 11) is 1.63. The minimum atomic E-state index is -0.301. The second-order valence-electron chi connectivity index (χ2n) is 4.31. The minimum Gasteiger partial charge on any atom is -0.497 e. The molecule has 4 heteroatoms. The Morgan fingerprint density at radius 3 is 2.53 bits per heavy atom. The summed E-state index contributed by atoms with van der Waals surface area (Å²) in [5.74, 6) is 3.09. The van der Waals surface area contributed by atoms with Crippen LogP contribution in [0.2, 0.25) is 0 Å². The van der Waals surface area contributed by atoms with Gasteiger partial charge in [-0.1, -0.05) is 18.1 Å². The highest BCUT2D eigenvalue weighted by Gasteiger charge is 2.15. The number of hydrogen-bond acceptors (Lipinski definition) is 3. The van der Waals surface area contributed by atoms with Crippen LogP contribution < -0.4 is 15.4 Å². The van der Waals surface area contributed by atoms with Crippen molar-refractivity contribution in [2.24, 2.45) is 0 Å². The van der Waals surface area contributed by atoms with Crippen molar-refractivity contribution in [3.05, 3.63) is 29.8 Å². The summed E-state index contributed by atoms with van der Waals surface area (Å²) in [4.78, 5) is 11.7. The van der Waals surface area contributed by atoms with Gasteiger partial charge in [-0.05, 0) is 31.5 Å². The Bertz CT molecular complexity index is 448. The molecular formula is C15H20N2O2. The molecule has 0 fully saturated rings. The third kappa shape index (κ3) is 4.65. The van der Waals surface area contributed by atoms with Crippen LogP contribution >= 0.6 is 0 Å². The molecule has 0 radical (unpaired) electrons. The van der Waals surface area contributed by atoms with E-state index < -0.39 is 0 Å². The van der Waals surface area contributed by atoms with Crippen LogP contribution in [0.15, 0.2) is 24.3 Å². The highest BCUT2D eigenvalue weighted by Crippen LogP contribution is 2.17. The molecule has 1 aromatic rings. The van der Waals surface area contributed by atoms with Gasteiger partial charge < -0.3 is 10.1 Å². The van der Waals surface area contributed by atoms with Crippen LogP contribution in [0.3, 0.4) is 0 Å². The normalized spacial score (nSPS) is 13.2. The van der Waals surface area contributed by atoms with E-state index in [9.17, 15) is 4.79 Å². The number of ether oxygens (including phenoxy) is 1. The van der Waals surface area contributed by atoms with E-state index >= 15 is 0 Å². The molecule has 19 heavy (non-hydrogen) atoms. The summed E-state index contributed by atoms with van der Waals surface area (Å²) in [6.45, 7) is 4.07. The van der Waals surface area contributed by atoms with Crippen molar-refractivity contribution in [3.8, 4) is 18.1 Å². The van der Waals surface area contributed by atoms with Gasteiger partial charge in [0, 0.05) is 6.04 Å². The van der Waals surface area contributed by atoms with Crippen molar-refractivity contribution in [2.75, 3.05) is 13.7 Å². The lowest BCUT2D eigenvalue weighted by Crippen LogP contribution is -2.43. The lowest BCUT2D eigenvalue weighted by atomic mass is 10.1. The molecule has 0 aliphatic rings. The number of hydrogen-bond donors (Lipinski definition) is 2. The van der Waals surface area contributed by atoms with Gasteiger partial charge in [-0.2, -0.15) is 0 Å². The van der Waals surface area contributed by atoms with E-state index in [0.29, 0.717) is 0 Å². The summed E-state index contributed by atoms with van der Waals surface area (Å²) in [6, 6.07) is 7.51. The average molecular weight is 260 g/mol. The van der Waals surface area contributed by atoms with Crippen molar-refractivity contribution >= 4 is 5.91 Å². The molecule has 102 valence electrons. The minimum absolute atomic E-state index is 0.0671. The Balaban J connectivity index is 2.55. The third-order valence-electron chi connectivity index (χ3n) is 2.87. The number of rotatable bonds is 6. The van der Waals surface area contributed by atoms with Gasteiger partial charge in [0.05, 0.1) is 19.7 Å². The molecule has 0 aliphatic heterocycles. The van der Waals surface area contributed by atoms with Gasteiger partial charge in [0.2, 0.25) is 5.91 Å². The monoisotopic (exact) mass is 260 g/mol. The highest BCUT2D eigenvalue weighted by molar-refractivity contribution is 5.81. The molecule has 0 aromatic heterocycles. The molecule has 0 aliphatic carbocycles. The molecule has 1 unspecified atom stereocenters. The van der Waals surface area contributed by atoms with Crippen LogP contribution in [0.1, 0.15) is 25.5 Å². The number of amides is 1. The molecule has 0 heterocycles. The molecule has 4 nitrogen and oxygen atoms in total. The Kier molecular flexibility index (Phi) is 5.91. The first-order valence-corrected chi connectivity index (χ1v) is 6.19. The maximum atomic E-state index is 11.7. The average Bonchev–Trinajstić information content (AvgIpc) is 2.44. The van der Waals surface area contributed by atoms with Crippen LogP contribution in [0.5, 0.6) is 5.75 Å². The zero-order valence-electron chi connectivity index (χ0n) is 11.6. The first-order valence-electron chi connectivity index (χ1n) is 6.19. The van der Waals surface area contributed by atoms with E-state index in [4.69, 9.17) is 11.2 Å². The Morgan fingerprint density at radius 2 is 2.00 bits per heavy atom.